The second-order valence-electron chi connectivity index (χ2n) is 7.38. The number of aryl methyl sites for hydroxylation is 2. The summed E-state index contributed by atoms with van der Waals surface area (Å²) in [4.78, 5) is 26.3. The number of amides is 2. The third-order valence-corrected chi connectivity index (χ3v) is 5.01. The average molecular weight is 396 g/mol. The first-order valence-corrected chi connectivity index (χ1v) is 9.96. The van der Waals surface area contributed by atoms with Gasteiger partial charge in [-0.25, -0.2) is 0 Å². The molecule has 2 amide bonds. The van der Waals surface area contributed by atoms with Gasteiger partial charge in [0.2, 0.25) is 0 Å². The lowest BCUT2D eigenvalue weighted by atomic mass is 10.1. The van der Waals surface area contributed by atoms with E-state index < -0.39 is 0 Å². The van der Waals surface area contributed by atoms with Crippen LogP contribution in [0.25, 0.3) is 0 Å². The van der Waals surface area contributed by atoms with Crippen LogP contribution in [0.15, 0.2) is 48.5 Å². The molecule has 1 N–H and O–H groups in total. The number of carbonyl (C=O) groups excluding carboxylic acids is 2. The van der Waals surface area contributed by atoms with Gasteiger partial charge in [-0.15, -0.1) is 0 Å². The SMILES string of the molecule is Cc1ccc(OCC(=O)NC2CCN(C(=O)COc3ccccc3)CC2)c(C)c1. The fraction of sp³-hybridized carbons (Fsp3) is 0.391. The summed E-state index contributed by atoms with van der Waals surface area (Å²) in [6.07, 6.45) is 1.46. The van der Waals surface area contributed by atoms with E-state index in [9.17, 15) is 9.59 Å². The molecule has 154 valence electrons. The minimum Gasteiger partial charge on any atom is -0.484 e. The molecule has 6 heteroatoms. The summed E-state index contributed by atoms with van der Waals surface area (Å²) < 4.78 is 11.2. The quantitative estimate of drug-likeness (QED) is 0.782. The van der Waals surface area contributed by atoms with Crippen LogP contribution in [0.3, 0.4) is 0 Å². The molecule has 29 heavy (non-hydrogen) atoms. The lowest BCUT2D eigenvalue weighted by Gasteiger charge is -2.32. The number of nitrogens with one attached hydrogen (secondary N) is 1. The normalized spacial score (nSPS) is 14.3. The maximum absolute atomic E-state index is 12.3. The zero-order chi connectivity index (χ0) is 20.6. The zero-order valence-corrected chi connectivity index (χ0v) is 17.0. The first-order valence-electron chi connectivity index (χ1n) is 9.96. The predicted molar refractivity (Wildman–Crippen MR) is 111 cm³/mol. The van der Waals surface area contributed by atoms with E-state index in [0.717, 1.165) is 29.7 Å². The van der Waals surface area contributed by atoms with E-state index in [1.165, 1.54) is 0 Å². The van der Waals surface area contributed by atoms with Crippen molar-refractivity contribution in [1.29, 1.82) is 0 Å². The van der Waals surface area contributed by atoms with Crippen LogP contribution in [0.5, 0.6) is 11.5 Å². The van der Waals surface area contributed by atoms with Crippen molar-refractivity contribution in [3.8, 4) is 11.5 Å². The topological polar surface area (TPSA) is 67.9 Å². The van der Waals surface area contributed by atoms with Gasteiger partial charge in [0.25, 0.3) is 11.8 Å². The van der Waals surface area contributed by atoms with Crippen LogP contribution in [0, 0.1) is 13.8 Å². The first-order chi connectivity index (χ1) is 14.0. The van der Waals surface area contributed by atoms with Crippen molar-refractivity contribution in [3.63, 3.8) is 0 Å². The molecule has 0 bridgehead atoms. The number of benzene rings is 2. The summed E-state index contributed by atoms with van der Waals surface area (Å²) in [5, 5.41) is 3.00. The van der Waals surface area contributed by atoms with Gasteiger partial charge >= 0.3 is 0 Å². The maximum atomic E-state index is 12.3. The van der Waals surface area contributed by atoms with Crippen molar-refractivity contribution in [2.24, 2.45) is 0 Å². The Labute approximate surface area is 171 Å². The smallest absolute Gasteiger partial charge is 0.260 e. The molecule has 1 saturated heterocycles. The minimum absolute atomic E-state index is 0.00599. The van der Waals surface area contributed by atoms with Gasteiger partial charge in [0.05, 0.1) is 0 Å². The Morgan fingerprint density at radius 3 is 2.41 bits per heavy atom. The van der Waals surface area contributed by atoms with Gasteiger partial charge < -0.3 is 19.7 Å². The van der Waals surface area contributed by atoms with Gasteiger partial charge in [0.1, 0.15) is 11.5 Å². The number of likely N-dealkylation sites (tertiary alicyclic amines) is 1. The van der Waals surface area contributed by atoms with E-state index in [0.29, 0.717) is 18.8 Å². The number of ether oxygens (including phenoxy) is 2. The third-order valence-electron chi connectivity index (χ3n) is 5.01. The van der Waals surface area contributed by atoms with E-state index in [2.05, 4.69) is 5.32 Å². The molecule has 0 atom stereocenters. The summed E-state index contributed by atoms with van der Waals surface area (Å²) in [6, 6.07) is 15.3. The number of nitrogens with zero attached hydrogens (tertiary/aromatic N) is 1. The minimum atomic E-state index is -0.137. The highest BCUT2D eigenvalue weighted by Crippen LogP contribution is 2.18. The second-order valence-corrected chi connectivity index (χ2v) is 7.38. The summed E-state index contributed by atoms with van der Waals surface area (Å²) in [5.41, 5.74) is 2.18. The monoisotopic (exact) mass is 396 g/mol. The Balaban J connectivity index is 1.36. The Bertz CT molecular complexity index is 830. The van der Waals surface area contributed by atoms with Crippen LogP contribution in [-0.4, -0.2) is 49.1 Å². The van der Waals surface area contributed by atoms with E-state index in [1.807, 2.05) is 62.4 Å². The molecule has 6 nitrogen and oxygen atoms in total. The summed E-state index contributed by atoms with van der Waals surface area (Å²) >= 11 is 0. The van der Waals surface area contributed by atoms with Crippen LogP contribution < -0.4 is 14.8 Å². The lowest BCUT2D eigenvalue weighted by Crippen LogP contribution is -2.48. The number of carbonyl (C=O) groups is 2. The van der Waals surface area contributed by atoms with Gasteiger partial charge in [-0.05, 0) is 50.5 Å². The second kappa shape index (κ2) is 9.96. The van der Waals surface area contributed by atoms with Crippen LogP contribution in [0.2, 0.25) is 0 Å². The molecule has 2 aromatic rings. The largest absolute Gasteiger partial charge is 0.484 e. The molecule has 0 unspecified atom stereocenters. The maximum Gasteiger partial charge on any atom is 0.260 e. The van der Waals surface area contributed by atoms with E-state index in [1.54, 1.807) is 4.90 Å². The van der Waals surface area contributed by atoms with Crippen molar-refractivity contribution >= 4 is 11.8 Å². The van der Waals surface area contributed by atoms with Gasteiger partial charge in [-0.2, -0.15) is 0 Å². The van der Waals surface area contributed by atoms with Crippen molar-refractivity contribution in [2.45, 2.75) is 32.7 Å². The zero-order valence-electron chi connectivity index (χ0n) is 17.0. The number of piperidine rings is 1. The molecule has 0 radical (unpaired) electrons. The van der Waals surface area contributed by atoms with E-state index in [4.69, 9.17) is 9.47 Å². The third kappa shape index (κ3) is 6.24. The molecule has 0 aromatic heterocycles. The molecule has 1 aliphatic rings. The van der Waals surface area contributed by atoms with Crippen molar-refractivity contribution in [1.82, 2.24) is 10.2 Å². The van der Waals surface area contributed by atoms with Crippen molar-refractivity contribution in [2.75, 3.05) is 26.3 Å². The first kappa shape index (κ1) is 20.7. The Morgan fingerprint density at radius 1 is 1.00 bits per heavy atom. The highest BCUT2D eigenvalue weighted by molar-refractivity contribution is 5.79. The summed E-state index contributed by atoms with van der Waals surface area (Å²) in [5.74, 6) is 1.25. The molecule has 0 spiro atoms. The highest BCUT2D eigenvalue weighted by Gasteiger charge is 2.24. The molecule has 1 heterocycles. The van der Waals surface area contributed by atoms with Crippen LogP contribution in [-0.2, 0) is 9.59 Å². The van der Waals surface area contributed by atoms with Gasteiger partial charge in [0.15, 0.2) is 13.2 Å². The number of hydrogen-bond donors (Lipinski definition) is 1. The molecule has 0 saturated carbocycles. The molecule has 1 fully saturated rings. The molecular weight excluding hydrogens is 368 g/mol. The van der Waals surface area contributed by atoms with Crippen LogP contribution in [0.1, 0.15) is 24.0 Å². The standard InChI is InChI=1S/C23H28N2O4/c1-17-8-9-21(18(2)14-17)29-15-22(26)24-19-10-12-25(13-11-19)23(27)16-28-20-6-4-3-5-7-20/h3-9,14,19H,10-13,15-16H2,1-2H3,(H,24,26). The molecule has 1 aliphatic heterocycles. The highest BCUT2D eigenvalue weighted by atomic mass is 16.5. The predicted octanol–water partition coefficient (Wildman–Crippen LogP) is 2.87. The van der Waals surface area contributed by atoms with Crippen LogP contribution in [0.4, 0.5) is 0 Å². The number of rotatable bonds is 7. The van der Waals surface area contributed by atoms with E-state index >= 15 is 0 Å². The fourth-order valence-corrected chi connectivity index (χ4v) is 3.40. The van der Waals surface area contributed by atoms with Gasteiger partial charge in [0, 0.05) is 19.1 Å². The fourth-order valence-electron chi connectivity index (χ4n) is 3.40. The Hall–Kier alpha value is -3.02. The number of para-hydroxylation sites is 1. The van der Waals surface area contributed by atoms with Gasteiger partial charge in [-0.1, -0.05) is 35.9 Å². The summed E-state index contributed by atoms with van der Waals surface area (Å²) in [7, 11) is 0. The molecule has 0 aliphatic carbocycles. The number of hydrogen-bond acceptors (Lipinski definition) is 4. The average Bonchev–Trinajstić information content (AvgIpc) is 2.72. The van der Waals surface area contributed by atoms with Crippen LogP contribution >= 0.6 is 0 Å². The molecular formula is C23H28N2O4. The Morgan fingerprint density at radius 2 is 1.72 bits per heavy atom. The summed E-state index contributed by atoms with van der Waals surface area (Å²) in [6.45, 7) is 5.24. The lowest BCUT2D eigenvalue weighted by molar-refractivity contribution is -0.134. The van der Waals surface area contributed by atoms with Gasteiger partial charge in [-0.3, -0.25) is 9.59 Å². The van der Waals surface area contributed by atoms with E-state index in [-0.39, 0.29) is 31.1 Å². The molecule has 2 aromatic carbocycles. The van der Waals surface area contributed by atoms with Crippen molar-refractivity contribution in [3.05, 3.63) is 59.7 Å². The Kier molecular flexibility index (Phi) is 7.11. The molecule has 3 rings (SSSR count). The van der Waals surface area contributed by atoms with Crippen molar-refractivity contribution < 1.29 is 19.1 Å².